The lowest BCUT2D eigenvalue weighted by Gasteiger charge is -2.26. The van der Waals surface area contributed by atoms with Gasteiger partial charge in [-0.1, -0.05) is 17.7 Å². The maximum absolute atomic E-state index is 12.2. The van der Waals surface area contributed by atoms with Crippen molar-refractivity contribution in [2.24, 2.45) is 0 Å². The maximum atomic E-state index is 12.2. The van der Waals surface area contributed by atoms with Gasteiger partial charge in [0, 0.05) is 32.7 Å². The number of benzene rings is 1. The molecule has 24 heavy (non-hydrogen) atoms. The van der Waals surface area contributed by atoms with Crippen LogP contribution in [-0.4, -0.2) is 61.4 Å². The normalized spacial score (nSPS) is 17.8. The second-order valence-electron chi connectivity index (χ2n) is 6.85. The summed E-state index contributed by atoms with van der Waals surface area (Å²) in [6.07, 6.45) is 2.86. The van der Waals surface area contributed by atoms with Gasteiger partial charge in [-0.25, -0.2) is 0 Å². The highest BCUT2D eigenvalue weighted by atomic mass is 16.2. The van der Waals surface area contributed by atoms with E-state index in [1.165, 1.54) is 0 Å². The topological polar surface area (TPSA) is 52.7 Å². The minimum absolute atomic E-state index is 0.00930. The van der Waals surface area contributed by atoms with Crippen molar-refractivity contribution in [3.63, 3.8) is 0 Å². The van der Waals surface area contributed by atoms with Gasteiger partial charge in [0.2, 0.25) is 5.91 Å². The quantitative estimate of drug-likeness (QED) is 0.811. The van der Waals surface area contributed by atoms with E-state index in [0.29, 0.717) is 6.54 Å². The van der Waals surface area contributed by atoms with Gasteiger partial charge in [0.05, 0.1) is 6.04 Å². The highest BCUT2D eigenvalue weighted by Crippen LogP contribution is 2.18. The predicted octanol–water partition coefficient (Wildman–Crippen LogP) is 1.98. The first-order chi connectivity index (χ1) is 11.4. The Bertz CT molecular complexity index is 598. The van der Waals surface area contributed by atoms with Crippen LogP contribution in [0.1, 0.15) is 40.7 Å². The SMILES string of the molecule is Cc1ccc(C(=O)NCCCN2CCC[C@@H]2C(=O)N(C)C)c(C)c1. The van der Waals surface area contributed by atoms with Gasteiger partial charge in [-0.15, -0.1) is 0 Å². The molecule has 0 aliphatic carbocycles. The van der Waals surface area contributed by atoms with Gasteiger partial charge < -0.3 is 10.2 Å². The van der Waals surface area contributed by atoms with Crippen LogP contribution in [0.2, 0.25) is 0 Å². The molecule has 0 saturated carbocycles. The lowest BCUT2D eigenvalue weighted by Crippen LogP contribution is -2.43. The molecule has 1 fully saturated rings. The zero-order valence-corrected chi connectivity index (χ0v) is 15.3. The Morgan fingerprint density at radius 2 is 2.04 bits per heavy atom. The summed E-state index contributed by atoms with van der Waals surface area (Å²) in [6, 6.07) is 5.88. The van der Waals surface area contributed by atoms with Crippen LogP contribution in [0.15, 0.2) is 18.2 Å². The van der Waals surface area contributed by atoms with E-state index in [0.717, 1.165) is 49.0 Å². The zero-order chi connectivity index (χ0) is 17.7. The standard InChI is InChI=1S/C19H29N3O2/c1-14-8-9-16(15(2)13-14)18(23)20-10-6-12-22-11-5-7-17(22)19(24)21(3)4/h8-9,13,17H,5-7,10-12H2,1-4H3,(H,20,23)/t17-/m1/s1. The summed E-state index contributed by atoms with van der Waals surface area (Å²) in [6.45, 7) is 6.43. The summed E-state index contributed by atoms with van der Waals surface area (Å²) in [5.74, 6) is 0.168. The molecule has 0 aromatic heterocycles. The number of aryl methyl sites for hydroxylation is 2. The van der Waals surface area contributed by atoms with E-state index in [-0.39, 0.29) is 17.9 Å². The fourth-order valence-electron chi connectivity index (χ4n) is 3.32. The largest absolute Gasteiger partial charge is 0.352 e. The molecule has 0 bridgehead atoms. The van der Waals surface area contributed by atoms with Crippen molar-refractivity contribution in [1.29, 1.82) is 0 Å². The first-order valence-corrected chi connectivity index (χ1v) is 8.71. The summed E-state index contributed by atoms with van der Waals surface area (Å²) in [7, 11) is 3.62. The molecule has 1 aliphatic heterocycles. The average Bonchev–Trinajstić information content (AvgIpc) is 2.98. The number of amides is 2. The molecule has 1 atom stereocenters. The van der Waals surface area contributed by atoms with Gasteiger partial charge in [0.1, 0.15) is 0 Å². The molecule has 1 aromatic rings. The van der Waals surface area contributed by atoms with Crippen LogP contribution in [0.3, 0.4) is 0 Å². The van der Waals surface area contributed by atoms with Crippen LogP contribution < -0.4 is 5.32 Å². The number of likely N-dealkylation sites (tertiary alicyclic amines) is 1. The molecular weight excluding hydrogens is 302 g/mol. The summed E-state index contributed by atoms with van der Waals surface area (Å²) in [5.41, 5.74) is 2.90. The second kappa shape index (κ2) is 8.29. The van der Waals surface area contributed by atoms with Gasteiger partial charge in [-0.3, -0.25) is 14.5 Å². The molecule has 1 N–H and O–H groups in total. The number of hydrogen-bond acceptors (Lipinski definition) is 3. The highest BCUT2D eigenvalue weighted by molar-refractivity contribution is 5.95. The van der Waals surface area contributed by atoms with E-state index in [1.54, 1.807) is 4.90 Å². The maximum Gasteiger partial charge on any atom is 0.251 e. The number of carbonyl (C=O) groups is 2. The molecule has 5 nitrogen and oxygen atoms in total. The van der Waals surface area contributed by atoms with Gasteiger partial charge >= 0.3 is 0 Å². The first-order valence-electron chi connectivity index (χ1n) is 8.71. The lowest BCUT2D eigenvalue weighted by molar-refractivity contribution is -0.133. The predicted molar refractivity (Wildman–Crippen MR) is 96.2 cm³/mol. The van der Waals surface area contributed by atoms with Crippen molar-refractivity contribution < 1.29 is 9.59 Å². The van der Waals surface area contributed by atoms with Crippen LogP contribution in [0.5, 0.6) is 0 Å². The highest BCUT2D eigenvalue weighted by Gasteiger charge is 2.30. The number of likely N-dealkylation sites (N-methyl/N-ethyl adjacent to an activating group) is 1. The summed E-state index contributed by atoms with van der Waals surface area (Å²) in [5, 5.41) is 2.99. The van der Waals surface area contributed by atoms with Gasteiger partial charge in [0.25, 0.3) is 5.91 Å². The van der Waals surface area contributed by atoms with Crippen molar-refractivity contribution in [2.45, 2.75) is 39.2 Å². The third-order valence-corrected chi connectivity index (χ3v) is 4.62. The fourth-order valence-corrected chi connectivity index (χ4v) is 3.32. The Balaban J connectivity index is 1.78. The van der Waals surface area contributed by atoms with E-state index >= 15 is 0 Å². The minimum atomic E-state index is -0.0187. The third-order valence-electron chi connectivity index (χ3n) is 4.62. The molecule has 2 rings (SSSR count). The van der Waals surface area contributed by atoms with Crippen LogP contribution in [0, 0.1) is 13.8 Å². The monoisotopic (exact) mass is 331 g/mol. The van der Waals surface area contributed by atoms with E-state index in [9.17, 15) is 9.59 Å². The molecule has 1 saturated heterocycles. The minimum Gasteiger partial charge on any atom is -0.352 e. The lowest BCUT2D eigenvalue weighted by atomic mass is 10.1. The van der Waals surface area contributed by atoms with E-state index in [4.69, 9.17) is 0 Å². The Morgan fingerprint density at radius 1 is 1.29 bits per heavy atom. The van der Waals surface area contributed by atoms with E-state index in [1.807, 2.05) is 46.1 Å². The van der Waals surface area contributed by atoms with E-state index in [2.05, 4.69) is 10.2 Å². The van der Waals surface area contributed by atoms with Crippen molar-refractivity contribution in [2.75, 3.05) is 33.7 Å². The third kappa shape index (κ3) is 4.57. The van der Waals surface area contributed by atoms with Crippen molar-refractivity contribution in [3.8, 4) is 0 Å². The Hall–Kier alpha value is -1.88. The summed E-state index contributed by atoms with van der Waals surface area (Å²) in [4.78, 5) is 28.3. The number of carbonyl (C=O) groups excluding carboxylic acids is 2. The fraction of sp³-hybridized carbons (Fsp3) is 0.579. The molecule has 132 valence electrons. The summed E-state index contributed by atoms with van der Waals surface area (Å²) >= 11 is 0. The smallest absolute Gasteiger partial charge is 0.251 e. The average molecular weight is 331 g/mol. The number of rotatable bonds is 6. The van der Waals surface area contributed by atoms with Crippen molar-refractivity contribution in [3.05, 3.63) is 34.9 Å². The molecule has 5 heteroatoms. The number of nitrogens with zero attached hydrogens (tertiary/aromatic N) is 2. The van der Waals surface area contributed by atoms with Crippen molar-refractivity contribution in [1.82, 2.24) is 15.1 Å². The molecule has 1 aromatic carbocycles. The van der Waals surface area contributed by atoms with Gasteiger partial charge in [0.15, 0.2) is 0 Å². The van der Waals surface area contributed by atoms with Crippen LogP contribution in [0.4, 0.5) is 0 Å². The molecule has 1 aliphatic rings. The Labute approximate surface area is 145 Å². The Morgan fingerprint density at radius 3 is 2.71 bits per heavy atom. The first kappa shape index (κ1) is 18.5. The zero-order valence-electron chi connectivity index (χ0n) is 15.3. The summed E-state index contributed by atoms with van der Waals surface area (Å²) < 4.78 is 0. The van der Waals surface area contributed by atoms with Gasteiger partial charge in [-0.05, 0) is 51.3 Å². The molecule has 0 unspecified atom stereocenters. The molecule has 2 amide bonds. The molecule has 1 heterocycles. The van der Waals surface area contributed by atoms with Crippen molar-refractivity contribution >= 4 is 11.8 Å². The van der Waals surface area contributed by atoms with Crippen LogP contribution in [0.25, 0.3) is 0 Å². The molecule has 0 spiro atoms. The number of nitrogens with one attached hydrogen (secondary N) is 1. The van der Waals surface area contributed by atoms with Crippen LogP contribution in [-0.2, 0) is 4.79 Å². The second-order valence-corrected chi connectivity index (χ2v) is 6.85. The van der Waals surface area contributed by atoms with Crippen LogP contribution >= 0.6 is 0 Å². The van der Waals surface area contributed by atoms with Gasteiger partial charge in [-0.2, -0.15) is 0 Å². The number of hydrogen-bond donors (Lipinski definition) is 1. The molecule has 0 radical (unpaired) electrons. The Kier molecular flexibility index (Phi) is 6.37. The van der Waals surface area contributed by atoms with E-state index < -0.39 is 0 Å². The molecular formula is C19H29N3O2.